The van der Waals surface area contributed by atoms with Crippen molar-refractivity contribution in [2.75, 3.05) is 68.5 Å². The standard InChI is InChI=1S/C30H36N6O2S2/c1-21(37)22-4-8-26(9-5-22)34-16-18-35(19-17-34)29(38)27-20-40-28(32-27)23-12-14-36(15-13-23)30(39)31-24-6-10-25(11-7-24)33(2)3/h4-11,20,23H,12-19H2,1-3H3,(H,31,39). The van der Waals surface area contributed by atoms with Crippen molar-refractivity contribution >= 4 is 57.4 Å². The molecule has 2 fully saturated rings. The van der Waals surface area contributed by atoms with Gasteiger partial charge in [0.2, 0.25) is 0 Å². The number of piperazine rings is 1. The number of nitrogens with one attached hydrogen (secondary N) is 1. The third-order valence-corrected chi connectivity index (χ3v) is 9.08. The first-order chi connectivity index (χ1) is 19.3. The first kappa shape index (κ1) is 28.0. The van der Waals surface area contributed by atoms with Gasteiger partial charge in [-0.1, -0.05) is 0 Å². The van der Waals surface area contributed by atoms with E-state index in [0.717, 1.165) is 66.2 Å². The van der Waals surface area contributed by atoms with Crippen LogP contribution in [0, 0.1) is 0 Å². The van der Waals surface area contributed by atoms with Gasteiger partial charge in [0, 0.05) is 87.3 Å². The molecule has 0 atom stereocenters. The maximum Gasteiger partial charge on any atom is 0.273 e. The third-order valence-electron chi connectivity index (χ3n) is 7.71. The average molecular weight is 577 g/mol. The lowest BCUT2D eigenvalue weighted by atomic mass is 9.98. The second-order valence-electron chi connectivity index (χ2n) is 10.6. The number of Topliss-reactive ketones (excluding diaryl/α,β-unsaturated/α-hetero) is 1. The molecule has 1 N–H and O–H groups in total. The maximum atomic E-state index is 13.2. The molecular weight excluding hydrogens is 541 g/mol. The first-order valence-corrected chi connectivity index (χ1v) is 15.0. The van der Waals surface area contributed by atoms with Crippen LogP contribution < -0.4 is 15.1 Å². The number of hydrogen-bond donors (Lipinski definition) is 1. The molecule has 210 valence electrons. The highest BCUT2D eigenvalue weighted by Crippen LogP contribution is 2.31. The SMILES string of the molecule is CC(=O)c1ccc(N2CCN(C(=O)c3csc(C4CCN(C(=S)Nc5ccc(N(C)C)cc5)CC4)n3)CC2)cc1. The van der Waals surface area contributed by atoms with E-state index in [1.807, 2.05) is 48.6 Å². The molecule has 3 aromatic rings. The van der Waals surface area contributed by atoms with Gasteiger partial charge in [0.15, 0.2) is 10.9 Å². The van der Waals surface area contributed by atoms with Gasteiger partial charge in [-0.2, -0.15) is 0 Å². The molecule has 1 aromatic heterocycles. The molecule has 40 heavy (non-hydrogen) atoms. The van der Waals surface area contributed by atoms with Gasteiger partial charge < -0.3 is 24.9 Å². The average Bonchev–Trinajstić information content (AvgIpc) is 3.48. The number of hydrogen-bond acceptors (Lipinski definition) is 7. The van der Waals surface area contributed by atoms with E-state index in [9.17, 15) is 9.59 Å². The Kier molecular flexibility index (Phi) is 8.66. The number of nitrogens with zero attached hydrogens (tertiary/aromatic N) is 5. The molecule has 2 aliphatic heterocycles. The van der Waals surface area contributed by atoms with Gasteiger partial charge in [-0.05, 0) is 80.5 Å². The van der Waals surface area contributed by atoms with Crippen molar-refractivity contribution in [2.24, 2.45) is 0 Å². The molecule has 3 heterocycles. The molecule has 0 unspecified atom stereocenters. The number of amides is 1. The number of carbonyl (C=O) groups excluding carboxylic acids is 2. The fourth-order valence-corrected chi connectivity index (χ4v) is 6.45. The van der Waals surface area contributed by atoms with E-state index in [4.69, 9.17) is 17.2 Å². The predicted octanol–water partition coefficient (Wildman–Crippen LogP) is 4.95. The highest BCUT2D eigenvalue weighted by atomic mass is 32.1. The van der Waals surface area contributed by atoms with Crippen molar-refractivity contribution in [3.05, 3.63) is 70.2 Å². The van der Waals surface area contributed by atoms with Gasteiger partial charge in [0.05, 0.1) is 5.01 Å². The third kappa shape index (κ3) is 6.45. The zero-order chi connectivity index (χ0) is 28.2. The Labute approximate surface area is 245 Å². The van der Waals surface area contributed by atoms with Gasteiger partial charge in [-0.3, -0.25) is 9.59 Å². The van der Waals surface area contributed by atoms with Crippen LogP contribution in [0.5, 0.6) is 0 Å². The summed E-state index contributed by atoms with van der Waals surface area (Å²) in [5, 5.41) is 7.08. The summed E-state index contributed by atoms with van der Waals surface area (Å²) in [6, 6.07) is 16.0. The lowest BCUT2D eigenvalue weighted by Gasteiger charge is -2.36. The van der Waals surface area contributed by atoms with E-state index in [0.29, 0.717) is 30.3 Å². The van der Waals surface area contributed by atoms with Crippen LogP contribution in [-0.4, -0.2) is 85.0 Å². The number of rotatable bonds is 6. The Hall–Kier alpha value is -3.50. The summed E-state index contributed by atoms with van der Waals surface area (Å²) in [5.74, 6) is 0.426. The number of benzene rings is 2. The van der Waals surface area contributed by atoms with Crippen molar-refractivity contribution in [1.82, 2.24) is 14.8 Å². The van der Waals surface area contributed by atoms with E-state index < -0.39 is 0 Å². The summed E-state index contributed by atoms with van der Waals surface area (Å²) in [7, 11) is 4.05. The number of carbonyl (C=O) groups is 2. The second-order valence-corrected chi connectivity index (χ2v) is 11.9. The van der Waals surface area contributed by atoms with E-state index in [2.05, 4.69) is 44.3 Å². The van der Waals surface area contributed by atoms with Crippen LogP contribution in [-0.2, 0) is 0 Å². The normalized spacial score (nSPS) is 16.1. The Bertz CT molecular complexity index is 1340. The monoisotopic (exact) mass is 576 g/mol. The predicted molar refractivity (Wildman–Crippen MR) is 167 cm³/mol. The molecule has 0 spiro atoms. The van der Waals surface area contributed by atoms with Crippen LogP contribution in [0.4, 0.5) is 17.1 Å². The lowest BCUT2D eigenvalue weighted by Crippen LogP contribution is -2.48. The van der Waals surface area contributed by atoms with Crippen molar-refractivity contribution in [3.63, 3.8) is 0 Å². The van der Waals surface area contributed by atoms with Gasteiger partial charge in [0.25, 0.3) is 5.91 Å². The highest BCUT2D eigenvalue weighted by Gasteiger charge is 2.28. The number of thiazole rings is 1. The summed E-state index contributed by atoms with van der Waals surface area (Å²) in [5.41, 5.74) is 4.50. The minimum Gasteiger partial charge on any atom is -0.378 e. The first-order valence-electron chi connectivity index (χ1n) is 13.7. The molecule has 0 saturated carbocycles. The molecule has 0 radical (unpaired) electrons. The minimum absolute atomic E-state index is 0.0113. The Balaban J connectivity index is 1.10. The summed E-state index contributed by atoms with van der Waals surface area (Å²) < 4.78 is 0. The van der Waals surface area contributed by atoms with Crippen molar-refractivity contribution in [3.8, 4) is 0 Å². The number of thiocarbonyl (C=S) groups is 1. The van der Waals surface area contributed by atoms with Crippen molar-refractivity contribution in [2.45, 2.75) is 25.7 Å². The maximum absolute atomic E-state index is 13.2. The molecule has 0 aliphatic carbocycles. The number of aromatic nitrogens is 1. The number of piperidine rings is 1. The molecule has 2 aliphatic rings. The molecule has 5 rings (SSSR count). The van der Waals surface area contributed by atoms with Crippen molar-refractivity contribution in [1.29, 1.82) is 0 Å². The molecule has 10 heteroatoms. The van der Waals surface area contributed by atoms with E-state index in [1.54, 1.807) is 18.3 Å². The van der Waals surface area contributed by atoms with Crippen LogP contribution >= 0.6 is 23.6 Å². The zero-order valence-corrected chi connectivity index (χ0v) is 24.9. The Morgan fingerprint density at radius 2 is 1.57 bits per heavy atom. The van der Waals surface area contributed by atoms with Gasteiger partial charge >= 0.3 is 0 Å². The van der Waals surface area contributed by atoms with Crippen LogP contribution in [0.25, 0.3) is 0 Å². The number of anilines is 3. The van der Waals surface area contributed by atoms with Crippen LogP contribution in [0.2, 0.25) is 0 Å². The van der Waals surface area contributed by atoms with Crippen LogP contribution in [0.3, 0.4) is 0 Å². The molecule has 2 saturated heterocycles. The summed E-state index contributed by atoms with van der Waals surface area (Å²) >= 11 is 7.28. The highest BCUT2D eigenvalue weighted by molar-refractivity contribution is 7.80. The van der Waals surface area contributed by atoms with E-state index in [1.165, 1.54) is 0 Å². The zero-order valence-electron chi connectivity index (χ0n) is 23.3. The largest absolute Gasteiger partial charge is 0.378 e. The van der Waals surface area contributed by atoms with Crippen LogP contribution in [0.15, 0.2) is 53.9 Å². The molecule has 2 aromatic carbocycles. The Morgan fingerprint density at radius 1 is 0.925 bits per heavy atom. The number of ketones is 1. The quantitative estimate of drug-likeness (QED) is 0.327. The topological polar surface area (TPSA) is 72.0 Å². The summed E-state index contributed by atoms with van der Waals surface area (Å²) in [4.78, 5) is 38.0. The summed E-state index contributed by atoms with van der Waals surface area (Å²) in [6.07, 6.45) is 1.92. The summed E-state index contributed by atoms with van der Waals surface area (Å²) in [6.45, 7) is 6.13. The fourth-order valence-electron chi connectivity index (χ4n) is 5.19. The van der Waals surface area contributed by atoms with Gasteiger partial charge in [-0.25, -0.2) is 4.98 Å². The number of likely N-dealkylation sites (tertiary alicyclic amines) is 1. The van der Waals surface area contributed by atoms with Crippen LogP contribution in [0.1, 0.15) is 51.5 Å². The molecule has 0 bridgehead atoms. The van der Waals surface area contributed by atoms with Gasteiger partial charge in [-0.15, -0.1) is 11.3 Å². The molecule has 8 nitrogen and oxygen atoms in total. The second kappa shape index (κ2) is 12.3. The van der Waals surface area contributed by atoms with E-state index >= 15 is 0 Å². The van der Waals surface area contributed by atoms with E-state index in [-0.39, 0.29) is 11.7 Å². The molecular formula is C30H36N6O2S2. The fraction of sp³-hybridized carbons (Fsp3) is 0.400. The van der Waals surface area contributed by atoms with Gasteiger partial charge in [0.1, 0.15) is 5.69 Å². The van der Waals surface area contributed by atoms with Crippen molar-refractivity contribution < 1.29 is 9.59 Å². The lowest BCUT2D eigenvalue weighted by molar-refractivity contribution is 0.0741. The molecule has 1 amide bonds. The smallest absolute Gasteiger partial charge is 0.273 e. The Morgan fingerprint density at radius 3 is 2.17 bits per heavy atom. The minimum atomic E-state index is 0.0113.